The third kappa shape index (κ3) is 3.30. The van der Waals surface area contributed by atoms with E-state index in [4.69, 9.17) is 4.98 Å². The van der Waals surface area contributed by atoms with Crippen molar-refractivity contribution >= 4 is 10.9 Å². The lowest BCUT2D eigenvalue weighted by Gasteiger charge is -2.26. The molecular weight excluding hydrogens is 334 g/mol. The fraction of sp³-hybridized carbons (Fsp3) is 0.391. The molecule has 3 aromatic rings. The number of hydrogen-bond donors (Lipinski definition) is 0. The fourth-order valence-electron chi connectivity index (χ4n) is 4.30. The molecule has 138 valence electrons. The molecule has 2 heterocycles. The lowest BCUT2D eigenvalue weighted by molar-refractivity contribution is 0.232. The second-order valence-corrected chi connectivity index (χ2v) is 7.96. The average molecular weight is 359 g/mol. The van der Waals surface area contributed by atoms with E-state index in [-0.39, 0.29) is 11.6 Å². The van der Waals surface area contributed by atoms with Crippen LogP contribution in [0.25, 0.3) is 10.9 Å². The normalized spacial score (nSPS) is 20.4. The Hall–Kier alpha value is -2.46. The molecule has 1 saturated heterocycles. The fourth-order valence-corrected chi connectivity index (χ4v) is 4.30. The maximum Gasteiger partial charge on any atom is 0.261 e. The highest BCUT2D eigenvalue weighted by atomic mass is 16.1. The van der Waals surface area contributed by atoms with Crippen molar-refractivity contribution in [3.63, 3.8) is 0 Å². The zero-order chi connectivity index (χ0) is 18.2. The van der Waals surface area contributed by atoms with Crippen molar-refractivity contribution in [2.24, 2.45) is 5.92 Å². The molecule has 0 spiro atoms. The first-order valence-corrected chi connectivity index (χ1v) is 10.1. The van der Waals surface area contributed by atoms with Gasteiger partial charge in [0.25, 0.3) is 5.56 Å². The van der Waals surface area contributed by atoms with Crippen molar-refractivity contribution in [1.82, 2.24) is 14.5 Å². The van der Waals surface area contributed by atoms with Crippen LogP contribution >= 0.6 is 0 Å². The molecule has 0 radical (unpaired) electrons. The summed E-state index contributed by atoms with van der Waals surface area (Å²) in [6.45, 7) is 2.80. The number of fused-ring (bicyclic) bond motifs is 1. The molecule has 0 bridgehead atoms. The van der Waals surface area contributed by atoms with Crippen LogP contribution in [0.1, 0.15) is 43.1 Å². The topological polar surface area (TPSA) is 38.1 Å². The number of para-hydroxylation sites is 1. The van der Waals surface area contributed by atoms with Gasteiger partial charge in [-0.2, -0.15) is 0 Å². The summed E-state index contributed by atoms with van der Waals surface area (Å²) in [5, 5.41) is 0.745. The van der Waals surface area contributed by atoms with Crippen LogP contribution in [0.4, 0.5) is 0 Å². The Morgan fingerprint density at radius 1 is 0.963 bits per heavy atom. The molecule has 27 heavy (non-hydrogen) atoms. The maximum absolute atomic E-state index is 13.2. The van der Waals surface area contributed by atoms with Gasteiger partial charge in [0.2, 0.25) is 0 Å². The van der Waals surface area contributed by atoms with Crippen molar-refractivity contribution in [2.75, 3.05) is 6.54 Å². The van der Waals surface area contributed by atoms with Gasteiger partial charge in [0, 0.05) is 13.1 Å². The van der Waals surface area contributed by atoms with Crippen LogP contribution in [-0.2, 0) is 13.1 Å². The monoisotopic (exact) mass is 359 g/mol. The van der Waals surface area contributed by atoms with Gasteiger partial charge in [0.1, 0.15) is 5.82 Å². The van der Waals surface area contributed by atoms with E-state index in [2.05, 4.69) is 35.2 Å². The molecule has 2 fully saturated rings. The number of likely N-dealkylation sites (tertiary alicyclic amines) is 1. The highest BCUT2D eigenvalue weighted by Crippen LogP contribution is 2.35. The Morgan fingerprint density at radius 2 is 1.74 bits per heavy atom. The molecule has 1 aromatic heterocycles. The van der Waals surface area contributed by atoms with Gasteiger partial charge in [-0.3, -0.25) is 14.3 Å². The summed E-state index contributed by atoms with van der Waals surface area (Å²) in [6.07, 6.45) is 4.69. The van der Waals surface area contributed by atoms with Gasteiger partial charge in [0.05, 0.1) is 16.9 Å². The van der Waals surface area contributed by atoms with Gasteiger partial charge in [-0.25, -0.2) is 4.98 Å². The second-order valence-electron chi connectivity index (χ2n) is 7.96. The third-order valence-corrected chi connectivity index (χ3v) is 5.92. The smallest absolute Gasteiger partial charge is 0.261 e. The van der Waals surface area contributed by atoms with Gasteiger partial charge in [-0.1, -0.05) is 42.5 Å². The summed E-state index contributed by atoms with van der Waals surface area (Å²) in [5.74, 6) is 1.62. The molecule has 4 nitrogen and oxygen atoms in total. The lowest BCUT2D eigenvalue weighted by atomic mass is 10.1. The average Bonchev–Trinajstić information content (AvgIpc) is 3.41. The van der Waals surface area contributed by atoms with Crippen LogP contribution < -0.4 is 5.56 Å². The number of benzene rings is 2. The first kappa shape index (κ1) is 16.7. The van der Waals surface area contributed by atoms with Crippen LogP contribution in [0.3, 0.4) is 0 Å². The Balaban J connectivity index is 1.56. The quantitative estimate of drug-likeness (QED) is 0.687. The van der Waals surface area contributed by atoms with Crippen LogP contribution in [0.2, 0.25) is 0 Å². The first-order chi connectivity index (χ1) is 13.3. The largest absolute Gasteiger partial charge is 0.295 e. The second kappa shape index (κ2) is 6.93. The Morgan fingerprint density at radius 3 is 2.56 bits per heavy atom. The van der Waals surface area contributed by atoms with Crippen LogP contribution in [0, 0.1) is 5.92 Å². The van der Waals surface area contributed by atoms with E-state index in [0.717, 1.165) is 49.2 Å². The SMILES string of the molecule is O=c1c2ccccc2nc(C2CCCN2Cc2ccccc2)n1CC1CC1. The van der Waals surface area contributed by atoms with Crippen LogP contribution in [0.5, 0.6) is 0 Å². The molecule has 5 rings (SSSR count). The standard InChI is InChI=1S/C23H25N3O/c27-23-19-9-4-5-10-20(19)24-22(26(23)16-18-12-13-18)21-11-6-14-25(21)15-17-7-2-1-3-8-17/h1-5,7-10,18,21H,6,11-16H2. The van der Waals surface area contributed by atoms with Crippen molar-refractivity contribution < 1.29 is 0 Å². The van der Waals surface area contributed by atoms with Crippen LogP contribution in [-0.4, -0.2) is 21.0 Å². The molecule has 2 aromatic carbocycles. The van der Waals surface area contributed by atoms with E-state index >= 15 is 0 Å². The summed E-state index contributed by atoms with van der Waals surface area (Å²) >= 11 is 0. The molecule has 1 saturated carbocycles. The van der Waals surface area contributed by atoms with Gasteiger partial charge in [0.15, 0.2) is 0 Å². The van der Waals surface area contributed by atoms with E-state index in [0.29, 0.717) is 5.92 Å². The summed E-state index contributed by atoms with van der Waals surface area (Å²) in [6, 6.07) is 18.6. The van der Waals surface area contributed by atoms with E-state index in [1.54, 1.807) is 0 Å². The Kier molecular flexibility index (Phi) is 4.29. The maximum atomic E-state index is 13.2. The van der Waals surface area contributed by atoms with Gasteiger partial charge in [-0.15, -0.1) is 0 Å². The lowest BCUT2D eigenvalue weighted by Crippen LogP contribution is -2.32. The molecule has 2 aliphatic rings. The first-order valence-electron chi connectivity index (χ1n) is 10.1. The predicted octanol–water partition coefficient (Wildman–Crippen LogP) is 4.14. The highest BCUT2D eigenvalue weighted by Gasteiger charge is 2.32. The summed E-state index contributed by atoms with van der Waals surface area (Å²) in [4.78, 5) is 20.7. The predicted molar refractivity (Wildman–Crippen MR) is 108 cm³/mol. The Labute approximate surface area is 159 Å². The minimum absolute atomic E-state index is 0.133. The summed E-state index contributed by atoms with van der Waals surface area (Å²) < 4.78 is 1.99. The van der Waals surface area contributed by atoms with E-state index in [1.807, 2.05) is 28.8 Å². The number of aromatic nitrogens is 2. The Bertz CT molecular complexity index is 1010. The molecule has 1 atom stereocenters. The summed E-state index contributed by atoms with van der Waals surface area (Å²) in [5.41, 5.74) is 2.28. The minimum atomic E-state index is 0.133. The molecule has 0 amide bonds. The van der Waals surface area contributed by atoms with Crippen molar-refractivity contribution in [3.05, 3.63) is 76.3 Å². The number of rotatable bonds is 5. The third-order valence-electron chi connectivity index (χ3n) is 5.92. The number of nitrogens with zero attached hydrogens (tertiary/aromatic N) is 3. The van der Waals surface area contributed by atoms with Crippen molar-refractivity contribution in [3.8, 4) is 0 Å². The van der Waals surface area contributed by atoms with Crippen LogP contribution in [0.15, 0.2) is 59.4 Å². The zero-order valence-electron chi connectivity index (χ0n) is 15.6. The molecule has 1 aliphatic heterocycles. The molecule has 0 N–H and O–H groups in total. The van der Waals surface area contributed by atoms with E-state index in [9.17, 15) is 4.79 Å². The van der Waals surface area contributed by atoms with E-state index < -0.39 is 0 Å². The van der Waals surface area contributed by atoms with Crippen molar-refractivity contribution in [1.29, 1.82) is 0 Å². The van der Waals surface area contributed by atoms with E-state index in [1.165, 1.54) is 18.4 Å². The molecule has 1 unspecified atom stereocenters. The highest BCUT2D eigenvalue weighted by molar-refractivity contribution is 5.77. The van der Waals surface area contributed by atoms with Gasteiger partial charge < -0.3 is 0 Å². The van der Waals surface area contributed by atoms with Gasteiger partial charge in [-0.05, 0) is 55.8 Å². The molecule has 1 aliphatic carbocycles. The summed E-state index contributed by atoms with van der Waals surface area (Å²) in [7, 11) is 0. The number of hydrogen-bond acceptors (Lipinski definition) is 3. The van der Waals surface area contributed by atoms with Gasteiger partial charge >= 0.3 is 0 Å². The molecular formula is C23H25N3O. The minimum Gasteiger partial charge on any atom is -0.295 e. The van der Waals surface area contributed by atoms with Crippen molar-refractivity contribution in [2.45, 2.75) is 44.8 Å². The zero-order valence-corrected chi connectivity index (χ0v) is 15.6. The molecule has 4 heteroatoms.